The van der Waals surface area contributed by atoms with E-state index in [1.165, 1.54) is 19.6 Å². The van der Waals surface area contributed by atoms with Gasteiger partial charge in [-0.3, -0.25) is 9.36 Å². The van der Waals surface area contributed by atoms with Crippen molar-refractivity contribution in [2.24, 2.45) is 0 Å². The van der Waals surface area contributed by atoms with Gasteiger partial charge in [0.2, 0.25) is 5.88 Å². The number of fused-ring (bicyclic) bond motifs is 1. The maximum absolute atomic E-state index is 12.6. The second kappa shape index (κ2) is 7.82. The first-order valence-electron chi connectivity index (χ1n) is 8.85. The second-order valence-electron chi connectivity index (χ2n) is 6.32. The highest BCUT2D eigenvalue weighted by Crippen LogP contribution is 2.19. The second-order valence-corrected chi connectivity index (χ2v) is 6.32. The fourth-order valence-electron chi connectivity index (χ4n) is 2.84. The molecule has 2 aromatic heterocycles. The van der Waals surface area contributed by atoms with Crippen molar-refractivity contribution in [2.45, 2.75) is 6.92 Å². The van der Waals surface area contributed by atoms with Crippen molar-refractivity contribution in [2.75, 3.05) is 12.4 Å². The lowest BCUT2D eigenvalue weighted by Crippen LogP contribution is -2.13. The predicted octanol–water partition coefficient (Wildman–Crippen LogP) is 3.25. The molecule has 0 fully saturated rings. The number of anilines is 1. The number of aryl methyl sites for hydroxylation is 1. The van der Waals surface area contributed by atoms with Gasteiger partial charge < -0.3 is 10.1 Å². The van der Waals surface area contributed by atoms with Crippen LogP contribution >= 0.6 is 0 Å². The number of rotatable bonds is 3. The Morgan fingerprint density at radius 1 is 1.17 bits per heavy atom. The quantitative estimate of drug-likeness (QED) is 0.549. The number of ether oxygens (including phenoxy) is 1. The minimum absolute atomic E-state index is 0.298. The fourth-order valence-corrected chi connectivity index (χ4v) is 2.84. The zero-order valence-corrected chi connectivity index (χ0v) is 15.9. The average molecular weight is 383 g/mol. The van der Waals surface area contributed by atoms with E-state index in [-0.39, 0.29) is 5.91 Å². The van der Waals surface area contributed by atoms with E-state index in [1.54, 1.807) is 29.1 Å². The predicted molar refractivity (Wildman–Crippen MR) is 110 cm³/mol. The van der Waals surface area contributed by atoms with Crippen LogP contribution in [-0.2, 0) is 0 Å². The first kappa shape index (κ1) is 18.2. The van der Waals surface area contributed by atoms with Crippen LogP contribution in [0.5, 0.6) is 5.88 Å². The molecular weight excluding hydrogens is 366 g/mol. The minimum atomic E-state index is -0.301. The molecule has 7 nitrogen and oxygen atoms in total. The van der Waals surface area contributed by atoms with Crippen molar-refractivity contribution in [1.82, 2.24) is 19.5 Å². The van der Waals surface area contributed by atoms with Gasteiger partial charge in [-0.2, -0.15) is 4.98 Å². The Labute approximate surface area is 167 Å². The van der Waals surface area contributed by atoms with Crippen molar-refractivity contribution in [3.63, 3.8) is 0 Å². The smallest absolute Gasteiger partial charge is 0.255 e. The van der Waals surface area contributed by atoms with Gasteiger partial charge >= 0.3 is 0 Å². The molecule has 2 heterocycles. The lowest BCUT2D eigenvalue weighted by molar-refractivity contribution is 0.102. The van der Waals surface area contributed by atoms with E-state index in [9.17, 15) is 4.79 Å². The molecule has 0 aliphatic heterocycles. The standard InChI is InChI=1S/C22H17N5O2/c1-15-6-7-20-18(10-15)25-14-27(20)9-8-16-4-3-5-17(11-16)21(28)26-19-12-23-13-24-22(19)29-2/h3-7,10-14H,1-2H3,(H,26,28). The number of hydrogen-bond acceptors (Lipinski definition) is 5. The summed E-state index contributed by atoms with van der Waals surface area (Å²) in [4.78, 5) is 24.8. The van der Waals surface area contributed by atoms with Crippen LogP contribution in [0, 0.1) is 18.9 Å². The molecule has 29 heavy (non-hydrogen) atoms. The van der Waals surface area contributed by atoms with Gasteiger partial charge in [0.15, 0.2) is 0 Å². The number of aromatic nitrogens is 4. The van der Waals surface area contributed by atoms with Crippen LogP contribution in [0.25, 0.3) is 11.0 Å². The van der Waals surface area contributed by atoms with E-state index in [4.69, 9.17) is 4.74 Å². The molecule has 0 bridgehead atoms. The topological polar surface area (TPSA) is 81.9 Å². The van der Waals surface area contributed by atoms with Crippen molar-refractivity contribution in [3.05, 3.63) is 78.0 Å². The molecule has 7 heteroatoms. The van der Waals surface area contributed by atoms with Crippen LogP contribution in [0.3, 0.4) is 0 Å². The number of hydrogen-bond donors (Lipinski definition) is 1. The average Bonchev–Trinajstić information content (AvgIpc) is 3.14. The summed E-state index contributed by atoms with van der Waals surface area (Å²) < 4.78 is 6.90. The molecule has 4 rings (SSSR count). The van der Waals surface area contributed by atoms with Crippen molar-refractivity contribution in [1.29, 1.82) is 0 Å². The summed E-state index contributed by atoms with van der Waals surface area (Å²) >= 11 is 0. The number of methoxy groups -OCH3 is 1. The van der Waals surface area contributed by atoms with Gasteiger partial charge in [0.05, 0.1) is 24.3 Å². The van der Waals surface area contributed by atoms with Crippen molar-refractivity contribution < 1.29 is 9.53 Å². The maximum atomic E-state index is 12.6. The minimum Gasteiger partial charge on any atom is -0.479 e. The summed E-state index contributed by atoms with van der Waals surface area (Å²) in [6.45, 7) is 2.03. The molecule has 1 N–H and O–H groups in total. The van der Waals surface area contributed by atoms with Gasteiger partial charge in [-0.25, -0.2) is 9.97 Å². The van der Waals surface area contributed by atoms with Gasteiger partial charge in [-0.1, -0.05) is 12.1 Å². The Kier molecular flexibility index (Phi) is 4.91. The number of benzene rings is 2. The SMILES string of the molecule is COc1ncncc1NC(=O)c1cccc(C#Cn2cnc3cc(C)ccc32)c1. The number of carbonyl (C=O) groups excluding carboxylic acids is 1. The first-order chi connectivity index (χ1) is 14.1. The summed E-state index contributed by atoms with van der Waals surface area (Å²) in [7, 11) is 1.48. The van der Waals surface area contributed by atoms with Crippen LogP contribution in [0.4, 0.5) is 5.69 Å². The molecule has 0 saturated carbocycles. The van der Waals surface area contributed by atoms with E-state index >= 15 is 0 Å². The summed E-state index contributed by atoms with van der Waals surface area (Å²) in [6.07, 6.45) is 4.53. The number of imidazole rings is 1. The van der Waals surface area contributed by atoms with Gasteiger partial charge in [0, 0.05) is 17.2 Å². The lowest BCUT2D eigenvalue weighted by Gasteiger charge is -2.08. The molecule has 0 aliphatic rings. The number of amides is 1. The van der Waals surface area contributed by atoms with Crippen LogP contribution in [0.2, 0.25) is 0 Å². The molecule has 4 aromatic rings. The molecule has 0 aliphatic carbocycles. The monoisotopic (exact) mass is 383 g/mol. The number of nitrogens with zero attached hydrogens (tertiary/aromatic N) is 4. The highest BCUT2D eigenvalue weighted by Gasteiger charge is 2.11. The zero-order valence-electron chi connectivity index (χ0n) is 15.9. The molecule has 0 radical (unpaired) electrons. The summed E-state index contributed by atoms with van der Waals surface area (Å²) in [5, 5.41) is 2.75. The Bertz CT molecular complexity index is 1270. The lowest BCUT2D eigenvalue weighted by atomic mass is 10.1. The van der Waals surface area contributed by atoms with E-state index in [0.717, 1.165) is 16.6 Å². The third-order valence-electron chi connectivity index (χ3n) is 4.27. The highest BCUT2D eigenvalue weighted by atomic mass is 16.5. The van der Waals surface area contributed by atoms with E-state index in [2.05, 4.69) is 32.2 Å². The largest absolute Gasteiger partial charge is 0.479 e. The van der Waals surface area contributed by atoms with E-state index in [0.29, 0.717) is 22.7 Å². The van der Waals surface area contributed by atoms with Gasteiger partial charge in [-0.05, 0) is 48.7 Å². The first-order valence-corrected chi connectivity index (χ1v) is 8.85. The zero-order chi connectivity index (χ0) is 20.2. The Morgan fingerprint density at radius 3 is 2.93 bits per heavy atom. The molecule has 0 saturated heterocycles. The van der Waals surface area contributed by atoms with E-state index in [1.807, 2.05) is 31.2 Å². The van der Waals surface area contributed by atoms with Gasteiger partial charge in [0.1, 0.15) is 18.3 Å². The fraction of sp³-hybridized carbons (Fsp3) is 0.0909. The van der Waals surface area contributed by atoms with Crippen LogP contribution in [0.15, 0.2) is 61.3 Å². The third-order valence-corrected chi connectivity index (χ3v) is 4.27. The molecule has 1 amide bonds. The molecule has 2 aromatic carbocycles. The van der Waals surface area contributed by atoms with Crippen molar-refractivity contribution >= 4 is 22.6 Å². The molecule has 0 atom stereocenters. The Morgan fingerprint density at radius 2 is 2.07 bits per heavy atom. The number of nitrogens with one attached hydrogen (secondary N) is 1. The molecule has 0 spiro atoms. The summed E-state index contributed by atoms with van der Waals surface area (Å²) in [5.74, 6) is 3.08. The molecular formula is C22H17N5O2. The Hall–Kier alpha value is -4.18. The summed E-state index contributed by atoms with van der Waals surface area (Å²) in [6, 6.07) is 16.2. The van der Waals surface area contributed by atoms with Gasteiger partial charge in [-0.15, -0.1) is 0 Å². The Balaban J connectivity index is 1.58. The van der Waals surface area contributed by atoms with Gasteiger partial charge in [0.25, 0.3) is 5.91 Å². The van der Waals surface area contributed by atoms with Crippen LogP contribution in [-0.4, -0.2) is 32.5 Å². The summed E-state index contributed by atoms with van der Waals surface area (Å²) in [5.41, 5.74) is 4.56. The van der Waals surface area contributed by atoms with E-state index < -0.39 is 0 Å². The highest BCUT2D eigenvalue weighted by molar-refractivity contribution is 6.05. The molecule has 142 valence electrons. The molecule has 0 unspecified atom stereocenters. The number of carbonyl (C=O) groups is 1. The van der Waals surface area contributed by atoms with Crippen LogP contribution < -0.4 is 10.1 Å². The maximum Gasteiger partial charge on any atom is 0.255 e. The van der Waals surface area contributed by atoms with Crippen LogP contribution in [0.1, 0.15) is 21.5 Å². The third kappa shape index (κ3) is 3.92. The normalized spacial score (nSPS) is 10.3. The van der Waals surface area contributed by atoms with Crippen molar-refractivity contribution in [3.8, 4) is 17.8 Å².